The first-order valence-electron chi connectivity index (χ1n) is 5.63. The third-order valence-electron chi connectivity index (χ3n) is 2.74. The summed E-state index contributed by atoms with van der Waals surface area (Å²) in [5, 5.41) is 8.79. The second kappa shape index (κ2) is 4.87. The quantitative estimate of drug-likeness (QED) is 0.868. The molecule has 1 fully saturated rings. The first-order valence-corrected chi connectivity index (χ1v) is 6.44. The van der Waals surface area contributed by atoms with Gasteiger partial charge in [-0.3, -0.25) is 9.59 Å². The molecular weight excluding hydrogens is 238 g/mol. The van der Waals surface area contributed by atoms with Crippen molar-refractivity contribution in [1.82, 2.24) is 4.90 Å². The van der Waals surface area contributed by atoms with Crippen LogP contribution in [0.25, 0.3) is 0 Å². The van der Waals surface area contributed by atoms with Gasteiger partial charge in [0.15, 0.2) is 0 Å². The summed E-state index contributed by atoms with van der Waals surface area (Å²) in [6, 6.07) is 4.06. The summed E-state index contributed by atoms with van der Waals surface area (Å²) in [7, 11) is 0. The molecule has 17 heavy (non-hydrogen) atoms. The van der Waals surface area contributed by atoms with Gasteiger partial charge in [-0.15, -0.1) is 11.3 Å². The predicted octanol–water partition coefficient (Wildman–Crippen LogP) is 1.67. The Morgan fingerprint density at radius 1 is 1.47 bits per heavy atom. The fraction of sp³-hybridized carbons (Fsp3) is 0.500. The highest BCUT2D eigenvalue weighted by atomic mass is 32.1. The standard InChI is InChI=1S/C12H15NO3S/c1-8-2-5-10(17-8)6-11(14)13(7-12(15)16)9-3-4-9/h2,5,9H,3-4,6-7H2,1H3,(H,15,16). The molecule has 92 valence electrons. The van der Waals surface area contributed by atoms with Gasteiger partial charge in [-0.2, -0.15) is 0 Å². The number of rotatable bonds is 5. The summed E-state index contributed by atoms with van der Waals surface area (Å²) < 4.78 is 0. The van der Waals surface area contributed by atoms with Crippen LogP contribution in [0.1, 0.15) is 22.6 Å². The van der Waals surface area contributed by atoms with Gasteiger partial charge < -0.3 is 10.0 Å². The topological polar surface area (TPSA) is 57.6 Å². The van der Waals surface area contributed by atoms with Crippen molar-refractivity contribution < 1.29 is 14.7 Å². The average molecular weight is 253 g/mol. The number of thiophene rings is 1. The van der Waals surface area contributed by atoms with E-state index in [-0.39, 0.29) is 18.5 Å². The van der Waals surface area contributed by atoms with E-state index in [1.807, 2.05) is 19.1 Å². The van der Waals surface area contributed by atoms with Gasteiger partial charge in [-0.25, -0.2) is 0 Å². The van der Waals surface area contributed by atoms with E-state index >= 15 is 0 Å². The van der Waals surface area contributed by atoms with Crippen LogP contribution >= 0.6 is 11.3 Å². The number of carbonyl (C=O) groups is 2. The van der Waals surface area contributed by atoms with E-state index < -0.39 is 5.97 Å². The second-order valence-electron chi connectivity index (χ2n) is 4.34. The molecule has 1 heterocycles. The van der Waals surface area contributed by atoms with E-state index in [9.17, 15) is 9.59 Å². The Kier molecular flexibility index (Phi) is 3.47. The molecule has 0 atom stereocenters. The molecule has 4 nitrogen and oxygen atoms in total. The van der Waals surface area contributed by atoms with Gasteiger partial charge in [0.2, 0.25) is 5.91 Å². The van der Waals surface area contributed by atoms with Gasteiger partial charge >= 0.3 is 5.97 Å². The van der Waals surface area contributed by atoms with Crippen LogP contribution in [0, 0.1) is 6.92 Å². The first-order chi connectivity index (χ1) is 8.06. The Hall–Kier alpha value is -1.36. The molecule has 1 aliphatic rings. The summed E-state index contributed by atoms with van der Waals surface area (Å²) in [4.78, 5) is 26.4. The maximum absolute atomic E-state index is 12.0. The minimum atomic E-state index is -0.937. The van der Waals surface area contributed by atoms with Gasteiger partial charge in [0.1, 0.15) is 6.54 Å². The lowest BCUT2D eigenvalue weighted by atomic mass is 10.3. The summed E-state index contributed by atoms with van der Waals surface area (Å²) in [6.45, 7) is 1.82. The van der Waals surface area contributed by atoms with Gasteiger partial charge in [0.25, 0.3) is 0 Å². The van der Waals surface area contributed by atoms with E-state index in [0.717, 1.165) is 17.7 Å². The molecule has 0 unspecified atom stereocenters. The molecular formula is C12H15NO3S. The maximum atomic E-state index is 12.0. The van der Waals surface area contributed by atoms with Crippen molar-refractivity contribution in [2.24, 2.45) is 0 Å². The molecule has 0 aliphatic heterocycles. The Morgan fingerprint density at radius 2 is 2.18 bits per heavy atom. The number of nitrogens with zero attached hydrogens (tertiary/aromatic N) is 1. The Morgan fingerprint density at radius 3 is 2.65 bits per heavy atom. The van der Waals surface area contributed by atoms with Crippen LogP contribution in [-0.4, -0.2) is 34.5 Å². The zero-order valence-corrected chi connectivity index (χ0v) is 10.5. The molecule has 1 amide bonds. The number of aliphatic carboxylic acids is 1. The van der Waals surface area contributed by atoms with E-state index in [1.165, 1.54) is 9.78 Å². The summed E-state index contributed by atoms with van der Waals surface area (Å²) in [5.41, 5.74) is 0. The molecule has 1 aliphatic carbocycles. The van der Waals surface area contributed by atoms with Crippen LogP contribution in [0.15, 0.2) is 12.1 Å². The number of amides is 1. The summed E-state index contributed by atoms with van der Waals surface area (Å²) >= 11 is 1.59. The Bertz CT molecular complexity index is 437. The Balaban J connectivity index is 1.98. The highest BCUT2D eigenvalue weighted by Gasteiger charge is 2.33. The molecule has 0 bridgehead atoms. The minimum absolute atomic E-state index is 0.0725. The monoisotopic (exact) mass is 253 g/mol. The number of carboxylic acid groups (broad SMARTS) is 1. The number of hydrogen-bond donors (Lipinski definition) is 1. The number of carbonyl (C=O) groups excluding carboxylic acids is 1. The van der Waals surface area contributed by atoms with Crippen molar-refractivity contribution in [3.8, 4) is 0 Å². The SMILES string of the molecule is Cc1ccc(CC(=O)N(CC(=O)O)C2CC2)s1. The zero-order valence-electron chi connectivity index (χ0n) is 9.68. The van der Waals surface area contributed by atoms with Crippen molar-refractivity contribution in [3.63, 3.8) is 0 Å². The molecule has 1 aromatic heterocycles. The molecule has 1 aromatic rings. The van der Waals surface area contributed by atoms with Crippen LogP contribution < -0.4 is 0 Å². The average Bonchev–Trinajstić information content (AvgIpc) is 3.00. The van der Waals surface area contributed by atoms with Gasteiger partial charge in [-0.05, 0) is 31.9 Å². The van der Waals surface area contributed by atoms with E-state index in [4.69, 9.17) is 5.11 Å². The van der Waals surface area contributed by atoms with Gasteiger partial charge in [0.05, 0.1) is 6.42 Å². The lowest BCUT2D eigenvalue weighted by Gasteiger charge is -2.19. The molecule has 0 saturated heterocycles. The first kappa shape index (κ1) is 12.1. The van der Waals surface area contributed by atoms with Crippen LogP contribution in [-0.2, 0) is 16.0 Å². The van der Waals surface area contributed by atoms with Crippen LogP contribution in [0.4, 0.5) is 0 Å². The normalized spacial score (nSPS) is 14.6. The maximum Gasteiger partial charge on any atom is 0.323 e. The largest absolute Gasteiger partial charge is 0.480 e. The summed E-state index contributed by atoms with van der Waals surface area (Å²) in [6.07, 6.45) is 2.19. The van der Waals surface area contributed by atoms with E-state index in [1.54, 1.807) is 11.3 Å². The highest BCUT2D eigenvalue weighted by molar-refractivity contribution is 7.12. The van der Waals surface area contributed by atoms with E-state index in [0.29, 0.717) is 6.42 Å². The van der Waals surface area contributed by atoms with Gasteiger partial charge in [0, 0.05) is 15.8 Å². The van der Waals surface area contributed by atoms with Crippen molar-refractivity contribution >= 4 is 23.2 Å². The lowest BCUT2D eigenvalue weighted by Crippen LogP contribution is -2.38. The van der Waals surface area contributed by atoms with Crippen LogP contribution in [0.3, 0.4) is 0 Å². The van der Waals surface area contributed by atoms with Crippen molar-refractivity contribution in [3.05, 3.63) is 21.9 Å². The Labute approximate surface area is 104 Å². The summed E-state index contributed by atoms with van der Waals surface area (Å²) in [5.74, 6) is -1.01. The van der Waals surface area contributed by atoms with Crippen LogP contribution in [0.2, 0.25) is 0 Å². The highest BCUT2D eigenvalue weighted by Crippen LogP contribution is 2.27. The predicted molar refractivity (Wildman–Crippen MR) is 65.1 cm³/mol. The van der Waals surface area contributed by atoms with E-state index in [2.05, 4.69) is 0 Å². The van der Waals surface area contributed by atoms with Crippen molar-refractivity contribution in [2.45, 2.75) is 32.2 Å². The number of aryl methyl sites for hydroxylation is 1. The number of hydrogen-bond acceptors (Lipinski definition) is 3. The van der Waals surface area contributed by atoms with Gasteiger partial charge in [-0.1, -0.05) is 0 Å². The molecule has 5 heteroatoms. The fourth-order valence-electron chi connectivity index (χ4n) is 1.78. The third-order valence-corrected chi connectivity index (χ3v) is 3.74. The lowest BCUT2D eigenvalue weighted by molar-refractivity contribution is -0.144. The van der Waals surface area contributed by atoms with Crippen molar-refractivity contribution in [1.29, 1.82) is 0 Å². The number of carboxylic acids is 1. The molecule has 1 N–H and O–H groups in total. The van der Waals surface area contributed by atoms with Crippen molar-refractivity contribution in [2.75, 3.05) is 6.54 Å². The molecule has 0 aromatic carbocycles. The smallest absolute Gasteiger partial charge is 0.323 e. The van der Waals surface area contributed by atoms with Crippen LogP contribution in [0.5, 0.6) is 0 Å². The fourth-order valence-corrected chi connectivity index (χ4v) is 2.66. The molecule has 0 radical (unpaired) electrons. The second-order valence-corrected chi connectivity index (χ2v) is 5.71. The third kappa shape index (κ3) is 3.30. The molecule has 0 spiro atoms. The minimum Gasteiger partial charge on any atom is -0.480 e. The molecule has 1 saturated carbocycles. The molecule has 2 rings (SSSR count). The zero-order chi connectivity index (χ0) is 12.4.